The molecule has 1 saturated carbocycles. The molecule has 0 N–H and O–H groups in total. The Kier molecular flexibility index (Phi) is 6.11. The molecule has 0 aromatic carbocycles. The molecular weight excluding hydrogens is 156 g/mol. The standard InChI is InChI=1S/C11H22.C2H4/c1-5-6-11-7-8(2)9(3)10(11)4;1-2/h8-11H,5-7H2,1-4H3;1-2H2. The first-order valence-corrected chi connectivity index (χ1v) is 5.66. The largest absolute Gasteiger partial charge is 0.106 e. The first kappa shape index (κ1) is 12.7. The van der Waals surface area contributed by atoms with Crippen molar-refractivity contribution in [1.29, 1.82) is 0 Å². The van der Waals surface area contributed by atoms with Gasteiger partial charge >= 0.3 is 0 Å². The molecule has 0 aliphatic heterocycles. The van der Waals surface area contributed by atoms with Gasteiger partial charge in [0.1, 0.15) is 0 Å². The second-order valence-electron chi connectivity index (χ2n) is 4.48. The third-order valence-electron chi connectivity index (χ3n) is 3.80. The second kappa shape index (κ2) is 6.23. The molecule has 1 fully saturated rings. The van der Waals surface area contributed by atoms with Crippen LogP contribution in [0.4, 0.5) is 0 Å². The molecule has 0 spiro atoms. The van der Waals surface area contributed by atoms with E-state index in [1.165, 1.54) is 19.3 Å². The Labute approximate surface area is 84.4 Å². The molecule has 0 heterocycles. The van der Waals surface area contributed by atoms with E-state index in [4.69, 9.17) is 0 Å². The highest BCUT2D eigenvalue weighted by atomic mass is 14.4. The molecule has 0 aromatic rings. The first-order chi connectivity index (χ1) is 6.16. The Balaban J connectivity index is 0.000000671. The molecule has 1 aliphatic rings. The summed E-state index contributed by atoms with van der Waals surface area (Å²) >= 11 is 0. The van der Waals surface area contributed by atoms with Crippen LogP contribution in [0.2, 0.25) is 0 Å². The predicted molar refractivity (Wildman–Crippen MR) is 61.8 cm³/mol. The normalized spacial score (nSPS) is 38.2. The maximum atomic E-state index is 3.00. The molecule has 0 amide bonds. The monoisotopic (exact) mass is 182 g/mol. The van der Waals surface area contributed by atoms with Crippen molar-refractivity contribution in [2.45, 2.75) is 47.0 Å². The minimum absolute atomic E-state index is 0.964. The summed E-state index contributed by atoms with van der Waals surface area (Å²) in [4.78, 5) is 0. The summed E-state index contributed by atoms with van der Waals surface area (Å²) in [5.74, 6) is 3.95. The zero-order valence-corrected chi connectivity index (χ0v) is 9.84. The van der Waals surface area contributed by atoms with E-state index in [9.17, 15) is 0 Å². The van der Waals surface area contributed by atoms with E-state index in [-0.39, 0.29) is 0 Å². The quantitative estimate of drug-likeness (QED) is 0.551. The SMILES string of the molecule is C=C.CCCC1CC(C)C(C)C1C. The fourth-order valence-electron chi connectivity index (χ4n) is 2.61. The molecule has 1 rings (SSSR count). The van der Waals surface area contributed by atoms with Crippen molar-refractivity contribution in [3.8, 4) is 0 Å². The van der Waals surface area contributed by atoms with Crippen LogP contribution in [0, 0.1) is 23.7 Å². The van der Waals surface area contributed by atoms with Crippen LogP contribution in [0.25, 0.3) is 0 Å². The second-order valence-corrected chi connectivity index (χ2v) is 4.48. The lowest BCUT2D eigenvalue weighted by atomic mass is 9.89. The lowest BCUT2D eigenvalue weighted by molar-refractivity contribution is 0.326. The molecule has 4 atom stereocenters. The average molecular weight is 182 g/mol. The van der Waals surface area contributed by atoms with Gasteiger partial charge in [0.2, 0.25) is 0 Å². The van der Waals surface area contributed by atoms with Crippen LogP contribution < -0.4 is 0 Å². The molecule has 0 aromatic heterocycles. The van der Waals surface area contributed by atoms with E-state index in [2.05, 4.69) is 40.9 Å². The smallest absolute Gasteiger partial charge is 0.0383 e. The Morgan fingerprint density at radius 3 is 1.92 bits per heavy atom. The Morgan fingerprint density at radius 1 is 1.08 bits per heavy atom. The number of rotatable bonds is 2. The first-order valence-electron chi connectivity index (χ1n) is 5.66. The lowest BCUT2D eigenvalue weighted by Gasteiger charge is -2.17. The van der Waals surface area contributed by atoms with E-state index in [0.29, 0.717) is 0 Å². The van der Waals surface area contributed by atoms with Crippen LogP contribution in [0.15, 0.2) is 13.2 Å². The number of hydrogen-bond donors (Lipinski definition) is 0. The fourth-order valence-corrected chi connectivity index (χ4v) is 2.61. The van der Waals surface area contributed by atoms with Crippen molar-refractivity contribution >= 4 is 0 Å². The molecule has 1 aliphatic carbocycles. The molecular formula is C13H26. The van der Waals surface area contributed by atoms with Crippen LogP contribution in [0.3, 0.4) is 0 Å². The summed E-state index contributed by atoms with van der Waals surface area (Å²) < 4.78 is 0. The Bertz CT molecular complexity index is 128. The van der Waals surface area contributed by atoms with Gasteiger partial charge in [-0.05, 0) is 30.1 Å². The summed E-state index contributed by atoms with van der Waals surface area (Å²) in [6, 6.07) is 0. The molecule has 4 unspecified atom stereocenters. The van der Waals surface area contributed by atoms with Gasteiger partial charge in [-0.15, -0.1) is 13.2 Å². The van der Waals surface area contributed by atoms with Gasteiger partial charge in [-0.3, -0.25) is 0 Å². The molecule has 0 bridgehead atoms. The van der Waals surface area contributed by atoms with E-state index >= 15 is 0 Å². The summed E-state index contributed by atoms with van der Waals surface area (Å²) in [5.41, 5.74) is 0. The summed E-state index contributed by atoms with van der Waals surface area (Å²) in [6.45, 7) is 15.6. The lowest BCUT2D eigenvalue weighted by Crippen LogP contribution is -2.09. The minimum Gasteiger partial charge on any atom is -0.106 e. The highest BCUT2D eigenvalue weighted by Gasteiger charge is 2.34. The van der Waals surface area contributed by atoms with Crippen LogP contribution in [0.1, 0.15) is 47.0 Å². The third-order valence-corrected chi connectivity index (χ3v) is 3.80. The van der Waals surface area contributed by atoms with Gasteiger partial charge in [-0.1, -0.05) is 40.5 Å². The molecule has 78 valence electrons. The van der Waals surface area contributed by atoms with Crippen molar-refractivity contribution < 1.29 is 0 Å². The van der Waals surface area contributed by atoms with Crippen molar-refractivity contribution in [3.05, 3.63) is 13.2 Å². The van der Waals surface area contributed by atoms with Gasteiger partial charge in [-0.25, -0.2) is 0 Å². The molecule has 0 heteroatoms. The number of hydrogen-bond acceptors (Lipinski definition) is 0. The fraction of sp³-hybridized carbons (Fsp3) is 0.846. The zero-order valence-electron chi connectivity index (χ0n) is 9.84. The van der Waals surface area contributed by atoms with Crippen molar-refractivity contribution in [2.75, 3.05) is 0 Å². The van der Waals surface area contributed by atoms with Gasteiger partial charge in [0.25, 0.3) is 0 Å². The van der Waals surface area contributed by atoms with E-state index in [1.54, 1.807) is 0 Å². The average Bonchev–Trinajstić information content (AvgIpc) is 2.38. The zero-order chi connectivity index (χ0) is 10.4. The molecule has 0 saturated heterocycles. The molecule has 0 radical (unpaired) electrons. The Morgan fingerprint density at radius 2 is 1.62 bits per heavy atom. The van der Waals surface area contributed by atoms with E-state index in [0.717, 1.165) is 23.7 Å². The van der Waals surface area contributed by atoms with Gasteiger partial charge in [0.05, 0.1) is 0 Å². The maximum Gasteiger partial charge on any atom is -0.0383 e. The van der Waals surface area contributed by atoms with Gasteiger partial charge in [0, 0.05) is 0 Å². The van der Waals surface area contributed by atoms with Gasteiger partial charge in [-0.2, -0.15) is 0 Å². The molecule has 13 heavy (non-hydrogen) atoms. The summed E-state index contributed by atoms with van der Waals surface area (Å²) in [7, 11) is 0. The molecule has 0 nitrogen and oxygen atoms in total. The van der Waals surface area contributed by atoms with E-state index < -0.39 is 0 Å². The van der Waals surface area contributed by atoms with Crippen LogP contribution in [0.5, 0.6) is 0 Å². The highest BCUT2D eigenvalue weighted by Crippen LogP contribution is 2.42. The van der Waals surface area contributed by atoms with Crippen molar-refractivity contribution in [2.24, 2.45) is 23.7 Å². The van der Waals surface area contributed by atoms with Crippen LogP contribution in [-0.4, -0.2) is 0 Å². The van der Waals surface area contributed by atoms with Crippen LogP contribution in [-0.2, 0) is 0 Å². The summed E-state index contributed by atoms with van der Waals surface area (Å²) in [6.07, 6.45) is 4.31. The minimum atomic E-state index is 0.964. The van der Waals surface area contributed by atoms with Gasteiger partial charge < -0.3 is 0 Å². The predicted octanol–water partition coefficient (Wildman–Crippen LogP) is 4.52. The maximum absolute atomic E-state index is 3.00. The van der Waals surface area contributed by atoms with E-state index in [1.807, 2.05) is 0 Å². The van der Waals surface area contributed by atoms with Gasteiger partial charge in [0.15, 0.2) is 0 Å². The van der Waals surface area contributed by atoms with Crippen molar-refractivity contribution in [3.63, 3.8) is 0 Å². The Hall–Kier alpha value is -0.260. The topological polar surface area (TPSA) is 0 Å². The third kappa shape index (κ3) is 3.17. The van der Waals surface area contributed by atoms with Crippen molar-refractivity contribution in [1.82, 2.24) is 0 Å². The van der Waals surface area contributed by atoms with Crippen LogP contribution >= 0.6 is 0 Å². The highest BCUT2D eigenvalue weighted by molar-refractivity contribution is 4.83. The summed E-state index contributed by atoms with van der Waals surface area (Å²) in [5, 5.41) is 0.